The van der Waals surface area contributed by atoms with Crippen molar-refractivity contribution in [1.82, 2.24) is 0 Å². The molecule has 1 aromatic carbocycles. The summed E-state index contributed by atoms with van der Waals surface area (Å²) >= 11 is 0. The van der Waals surface area contributed by atoms with Crippen LogP contribution in [-0.4, -0.2) is 6.04 Å². The lowest BCUT2D eigenvalue weighted by Gasteiger charge is -2.47. The summed E-state index contributed by atoms with van der Waals surface area (Å²) in [7, 11) is 0. The van der Waals surface area contributed by atoms with E-state index in [1.807, 2.05) is 0 Å². The summed E-state index contributed by atoms with van der Waals surface area (Å²) in [4.78, 5) is 0. The van der Waals surface area contributed by atoms with Gasteiger partial charge in [0.25, 0.3) is 0 Å². The topological polar surface area (TPSA) is 26.0 Å². The third kappa shape index (κ3) is 2.09. The van der Waals surface area contributed by atoms with Crippen LogP contribution >= 0.6 is 0 Å². The van der Waals surface area contributed by atoms with E-state index in [4.69, 9.17) is 5.73 Å². The Hall–Kier alpha value is -0.820. The largest absolute Gasteiger partial charge is 0.327 e. The zero-order valence-corrected chi connectivity index (χ0v) is 11.3. The Morgan fingerprint density at radius 3 is 2.28 bits per heavy atom. The molecule has 2 saturated carbocycles. The molecule has 18 heavy (non-hydrogen) atoms. The van der Waals surface area contributed by atoms with Crippen molar-refractivity contribution in [3.05, 3.63) is 35.9 Å². The molecule has 1 atom stereocenters. The van der Waals surface area contributed by atoms with Crippen LogP contribution in [0.1, 0.15) is 56.9 Å². The lowest BCUT2D eigenvalue weighted by molar-refractivity contribution is 0.174. The molecule has 0 bridgehead atoms. The Balaban J connectivity index is 1.74. The quantitative estimate of drug-likeness (QED) is 0.849. The molecule has 2 aliphatic carbocycles. The Bertz CT molecular complexity index is 374. The van der Waals surface area contributed by atoms with E-state index in [1.54, 1.807) is 0 Å². The van der Waals surface area contributed by atoms with Crippen LogP contribution in [0.25, 0.3) is 0 Å². The Morgan fingerprint density at radius 1 is 1.06 bits per heavy atom. The van der Waals surface area contributed by atoms with E-state index >= 15 is 0 Å². The van der Waals surface area contributed by atoms with Gasteiger partial charge in [-0.3, -0.25) is 0 Å². The van der Waals surface area contributed by atoms with Gasteiger partial charge in [-0.15, -0.1) is 0 Å². The molecule has 1 nitrogen and oxygen atoms in total. The molecular formula is C17H25N. The maximum Gasteiger partial charge on any atom is 0.0139 e. The van der Waals surface area contributed by atoms with Gasteiger partial charge in [0.15, 0.2) is 0 Å². The van der Waals surface area contributed by atoms with Crippen LogP contribution in [0.15, 0.2) is 30.3 Å². The zero-order chi connectivity index (χ0) is 12.4. The van der Waals surface area contributed by atoms with Crippen molar-refractivity contribution < 1.29 is 0 Å². The van der Waals surface area contributed by atoms with E-state index in [-0.39, 0.29) is 0 Å². The molecule has 3 rings (SSSR count). The lowest BCUT2D eigenvalue weighted by Crippen LogP contribution is -2.51. The molecule has 2 aliphatic rings. The Morgan fingerprint density at radius 2 is 1.72 bits per heavy atom. The second-order valence-electron chi connectivity index (χ2n) is 6.37. The summed E-state index contributed by atoms with van der Waals surface area (Å²) in [5, 5.41) is 0. The molecule has 0 aromatic heterocycles. The third-order valence-electron chi connectivity index (χ3n) is 5.37. The summed E-state index contributed by atoms with van der Waals surface area (Å²) in [5.74, 6) is 0.904. The summed E-state index contributed by atoms with van der Waals surface area (Å²) in [6.07, 6.45) is 10.9. The number of hydrogen-bond donors (Lipinski definition) is 1. The third-order valence-corrected chi connectivity index (χ3v) is 5.37. The van der Waals surface area contributed by atoms with Gasteiger partial charge in [0.2, 0.25) is 0 Å². The van der Waals surface area contributed by atoms with Crippen molar-refractivity contribution in [2.45, 2.75) is 62.8 Å². The first-order valence-electron chi connectivity index (χ1n) is 7.62. The summed E-state index contributed by atoms with van der Waals surface area (Å²) in [5.41, 5.74) is 8.42. The number of nitrogens with two attached hydrogens (primary N) is 1. The fraction of sp³-hybridized carbons (Fsp3) is 0.647. The molecule has 0 aliphatic heterocycles. The minimum Gasteiger partial charge on any atom is -0.327 e. The summed E-state index contributed by atoms with van der Waals surface area (Å²) in [6, 6.07) is 11.4. The predicted molar refractivity (Wildman–Crippen MR) is 76.5 cm³/mol. The van der Waals surface area contributed by atoms with Gasteiger partial charge in [0.1, 0.15) is 0 Å². The monoisotopic (exact) mass is 243 g/mol. The van der Waals surface area contributed by atoms with Gasteiger partial charge in [0, 0.05) is 11.5 Å². The van der Waals surface area contributed by atoms with Crippen molar-refractivity contribution in [2.75, 3.05) is 0 Å². The molecule has 0 saturated heterocycles. The normalized spacial score (nSPS) is 24.7. The van der Waals surface area contributed by atoms with Crippen LogP contribution in [0.4, 0.5) is 0 Å². The van der Waals surface area contributed by atoms with Gasteiger partial charge in [-0.25, -0.2) is 0 Å². The van der Waals surface area contributed by atoms with Crippen LogP contribution in [0.3, 0.4) is 0 Å². The van der Waals surface area contributed by atoms with E-state index in [9.17, 15) is 0 Å². The van der Waals surface area contributed by atoms with Crippen molar-refractivity contribution in [3.8, 4) is 0 Å². The van der Waals surface area contributed by atoms with Crippen LogP contribution in [0, 0.1) is 5.92 Å². The minimum absolute atomic E-state index is 0.309. The Kier molecular flexibility index (Phi) is 3.43. The van der Waals surface area contributed by atoms with E-state index in [2.05, 4.69) is 30.3 Å². The fourth-order valence-electron chi connectivity index (χ4n) is 4.03. The highest BCUT2D eigenvalue weighted by molar-refractivity contribution is 5.30. The first kappa shape index (κ1) is 12.2. The molecule has 0 radical (unpaired) electrons. The SMILES string of the molecule is NC(CC1CCCC1)C1(c2ccccc2)CCC1. The van der Waals surface area contributed by atoms with Gasteiger partial charge in [-0.05, 0) is 30.7 Å². The molecule has 98 valence electrons. The predicted octanol–water partition coefficient (Wildman–Crippen LogP) is 4.02. The van der Waals surface area contributed by atoms with E-state index in [0.717, 1.165) is 5.92 Å². The maximum absolute atomic E-state index is 6.63. The van der Waals surface area contributed by atoms with Crippen LogP contribution < -0.4 is 5.73 Å². The van der Waals surface area contributed by atoms with Gasteiger partial charge in [0.05, 0.1) is 0 Å². The van der Waals surface area contributed by atoms with E-state index in [1.165, 1.54) is 56.9 Å². The minimum atomic E-state index is 0.309. The number of benzene rings is 1. The lowest BCUT2D eigenvalue weighted by atomic mass is 9.59. The molecule has 1 aromatic rings. The zero-order valence-electron chi connectivity index (χ0n) is 11.3. The Labute approximate surface area is 111 Å². The highest BCUT2D eigenvalue weighted by Gasteiger charge is 2.44. The first-order chi connectivity index (χ1) is 8.81. The molecule has 0 amide bonds. The number of hydrogen-bond acceptors (Lipinski definition) is 1. The molecule has 2 N–H and O–H groups in total. The van der Waals surface area contributed by atoms with Crippen LogP contribution in [-0.2, 0) is 5.41 Å². The second kappa shape index (κ2) is 5.05. The van der Waals surface area contributed by atoms with Gasteiger partial charge >= 0.3 is 0 Å². The fourth-order valence-corrected chi connectivity index (χ4v) is 4.03. The highest BCUT2D eigenvalue weighted by Crippen LogP contribution is 2.48. The molecular weight excluding hydrogens is 218 g/mol. The molecule has 1 unspecified atom stereocenters. The average molecular weight is 243 g/mol. The van der Waals surface area contributed by atoms with Crippen molar-refractivity contribution in [1.29, 1.82) is 0 Å². The second-order valence-corrected chi connectivity index (χ2v) is 6.37. The smallest absolute Gasteiger partial charge is 0.0139 e. The van der Waals surface area contributed by atoms with Crippen molar-refractivity contribution >= 4 is 0 Å². The number of rotatable bonds is 4. The molecule has 2 fully saturated rings. The molecule has 0 spiro atoms. The summed E-state index contributed by atoms with van der Waals surface area (Å²) in [6.45, 7) is 0. The van der Waals surface area contributed by atoms with E-state index in [0.29, 0.717) is 11.5 Å². The van der Waals surface area contributed by atoms with Crippen LogP contribution in [0.5, 0.6) is 0 Å². The highest BCUT2D eigenvalue weighted by atomic mass is 14.7. The maximum atomic E-state index is 6.63. The average Bonchev–Trinajstić information content (AvgIpc) is 2.82. The van der Waals surface area contributed by atoms with E-state index < -0.39 is 0 Å². The van der Waals surface area contributed by atoms with Crippen molar-refractivity contribution in [2.24, 2.45) is 11.7 Å². The van der Waals surface area contributed by atoms with Gasteiger partial charge in [-0.1, -0.05) is 62.4 Å². The molecule has 1 heteroatoms. The first-order valence-corrected chi connectivity index (χ1v) is 7.62. The molecule has 0 heterocycles. The summed E-state index contributed by atoms with van der Waals surface area (Å²) < 4.78 is 0. The standard InChI is InChI=1S/C17H25N/c18-16(13-14-7-4-5-8-14)17(11-6-12-17)15-9-2-1-3-10-15/h1-3,9-10,14,16H,4-8,11-13,18H2. The van der Waals surface area contributed by atoms with Crippen LogP contribution in [0.2, 0.25) is 0 Å². The van der Waals surface area contributed by atoms with Gasteiger partial charge < -0.3 is 5.73 Å². The van der Waals surface area contributed by atoms with Crippen molar-refractivity contribution in [3.63, 3.8) is 0 Å². The van der Waals surface area contributed by atoms with Gasteiger partial charge in [-0.2, -0.15) is 0 Å².